The van der Waals surface area contributed by atoms with Crippen LogP contribution in [0.1, 0.15) is 19.3 Å². The summed E-state index contributed by atoms with van der Waals surface area (Å²) in [6.07, 6.45) is 2.41. The first kappa shape index (κ1) is 21.6. The molecule has 0 heterocycles. The lowest BCUT2D eigenvalue weighted by Crippen LogP contribution is -2.27. The Kier molecular flexibility index (Phi) is 17.6. The van der Waals surface area contributed by atoms with Gasteiger partial charge in [-0.1, -0.05) is 0 Å². The van der Waals surface area contributed by atoms with Gasteiger partial charge in [-0.3, -0.25) is 4.79 Å². The summed E-state index contributed by atoms with van der Waals surface area (Å²) in [6, 6.07) is 0. The summed E-state index contributed by atoms with van der Waals surface area (Å²) < 4.78 is 21.0. The third-order valence-corrected chi connectivity index (χ3v) is 2.55. The predicted octanol–water partition coefficient (Wildman–Crippen LogP) is -0.263. The number of aldehydes is 2. The van der Waals surface area contributed by atoms with Gasteiger partial charge in [-0.05, 0) is 0 Å². The number of nitrogens with one attached hydrogen (secondary N) is 1. The van der Waals surface area contributed by atoms with Crippen molar-refractivity contribution in [1.29, 1.82) is 0 Å². The Bertz CT molecular complexity index is 300. The Morgan fingerprint density at radius 3 is 1.70 bits per heavy atom. The largest absolute Gasteiger partial charge is 0.379 e. The van der Waals surface area contributed by atoms with Crippen LogP contribution in [0.4, 0.5) is 0 Å². The molecule has 0 atom stereocenters. The van der Waals surface area contributed by atoms with Crippen LogP contribution in [0, 0.1) is 0 Å². The van der Waals surface area contributed by atoms with E-state index in [0.717, 1.165) is 12.6 Å². The molecule has 0 saturated carbocycles. The van der Waals surface area contributed by atoms with E-state index in [2.05, 4.69) is 5.32 Å². The maximum atomic E-state index is 11.1. The Hall–Kier alpha value is -1.35. The number of hydrogen-bond donors (Lipinski definition) is 1. The molecule has 134 valence electrons. The van der Waals surface area contributed by atoms with Crippen LogP contribution in [-0.4, -0.2) is 77.9 Å². The Balaban J connectivity index is 3.06. The summed E-state index contributed by atoms with van der Waals surface area (Å²) in [4.78, 5) is 31.2. The smallest absolute Gasteiger partial charge is 0.220 e. The molecule has 0 saturated heterocycles. The standard InChI is InChI=1S/C15H27NO7/c17-5-1-3-15(19)16-4-8-21-10-12-23-14-13-22-11-9-20-7-2-6-18/h5-6H,1-4,7-14H2,(H,16,19). The number of carbonyl (C=O) groups excluding carboxylic acids is 3. The van der Waals surface area contributed by atoms with E-state index >= 15 is 0 Å². The normalized spacial score (nSPS) is 10.4. The van der Waals surface area contributed by atoms with E-state index < -0.39 is 0 Å². The maximum Gasteiger partial charge on any atom is 0.220 e. The highest BCUT2D eigenvalue weighted by atomic mass is 16.6. The zero-order valence-corrected chi connectivity index (χ0v) is 13.5. The van der Waals surface area contributed by atoms with Crippen molar-refractivity contribution in [3.63, 3.8) is 0 Å². The van der Waals surface area contributed by atoms with Gasteiger partial charge in [-0.2, -0.15) is 0 Å². The molecular weight excluding hydrogens is 306 g/mol. The van der Waals surface area contributed by atoms with Crippen LogP contribution in [-0.2, 0) is 33.3 Å². The van der Waals surface area contributed by atoms with E-state index in [-0.39, 0.29) is 18.7 Å². The second-order valence-electron chi connectivity index (χ2n) is 4.46. The van der Waals surface area contributed by atoms with Crippen molar-refractivity contribution in [2.75, 3.05) is 59.4 Å². The van der Waals surface area contributed by atoms with Gasteiger partial charge < -0.3 is 33.9 Å². The van der Waals surface area contributed by atoms with Gasteiger partial charge in [0.15, 0.2) is 0 Å². The quantitative estimate of drug-likeness (QED) is 0.272. The Morgan fingerprint density at radius 2 is 1.17 bits per heavy atom. The van der Waals surface area contributed by atoms with Gasteiger partial charge in [0.1, 0.15) is 12.6 Å². The zero-order valence-electron chi connectivity index (χ0n) is 13.5. The van der Waals surface area contributed by atoms with Gasteiger partial charge in [0.2, 0.25) is 5.91 Å². The van der Waals surface area contributed by atoms with Crippen molar-refractivity contribution in [3.05, 3.63) is 0 Å². The summed E-state index contributed by atoms with van der Waals surface area (Å²) in [5.74, 6) is -0.149. The van der Waals surface area contributed by atoms with E-state index in [1.54, 1.807) is 0 Å². The number of ether oxygens (including phenoxy) is 4. The molecule has 0 rings (SSSR count). The monoisotopic (exact) mass is 333 g/mol. The van der Waals surface area contributed by atoms with Crippen molar-refractivity contribution < 1.29 is 33.3 Å². The highest BCUT2D eigenvalue weighted by Crippen LogP contribution is 1.85. The molecule has 8 heteroatoms. The van der Waals surface area contributed by atoms with Crippen LogP contribution >= 0.6 is 0 Å². The molecule has 0 bridgehead atoms. The number of amides is 1. The first-order chi connectivity index (χ1) is 11.3. The predicted molar refractivity (Wildman–Crippen MR) is 82.3 cm³/mol. The second kappa shape index (κ2) is 18.7. The van der Waals surface area contributed by atoms with Crippen LogP contribution in [0.3, 0.4) is 0 Å². The minimum Gasteiger partial charge on any atom is -0.379 e. The zero-order chi connectivity index (χ0) is 17.0. The number of hydrogen-bond acceptors (Lipinski definition) is 7. The molecule has 0 aliphatic heterocycles. The van der Waals surface area contributed by atoms with E-state index in [0.29, 0.717) is 65.8 Å². The van der Waals surface area contributed by atoms with Crippen LogP contribution in [0.15, 0.2) is 0 Å². The Morgan fingerprint density at radius 1 is 0.696 bits per heavy atom. The van der Waals surface area contributed by atoms with Crippen LogP contribution in [0.5, 0.6) is 0 Å². The molecular formula is C15H27NO7. The van der Waals surface area contributed by atoms with Gasteiger partial charge in [0.05, 0.1) is 52.9 Å². The summed E-state index contributed by atoms with van der Waals surface area (Å²) in [5.41, 5.74) is 0. The van der Waals surface area contributed by atoms with Gasteiger partial charge in [-0.15, -0.1) is 0 Å². The summed E-state index contributed by atoms with van der Waals surface area (Å²) in [6.45, 7) is 4.05. The third-order valence-electron chi connectivity index (χ3n) is 2.55. The highest BCUT2D eigenvalue weighted by molar-refractivity contribution is 5.77. The summed E-state index contributed by atoms with van der Waals surface area (Å²) in [5, 5.41) is 2.65. The van der Waals surface area contributed by atoms with Gasteiger partial charge in [-0.25, -0.2) is 0 Å². The molecule has 23 heavy (non-hydrogen) atoms. The molecule has 0 aromatic heterocycles. The lowest BCUT2D eigenvalue weighted by atomic mass is 10.3. The average molecular weight is 333 g/mol. The SMILES string of the molecule is O=CCCOCCOCCOCCOCCNC(=O)CCC=O. The van der Waals surface area contributed by atoms with Crippen molar-refractivity contribution in [1.82, 2.24) is 5.32 Å². The molecule has 0 spiro atoms. The van der Waals surface area contributed by atoms with Crippen molar-refractivity contribution in [3.8, 4) is 0 Å². The summed E-state index contributed by atoms with van der Waals surface area (Å²) >= 11 is 0. The first-order valence-corrected chi connectivity index (χ1v) is 7.76. The molecule has 0 radical (unpaired) electrons. The van der Waals surface area contributed by atoms with E-state index in [9.17, 15) is 14.4 Å². The van der Waals surface area contributed by atoms with E-state index in [1.807, 2.05) is 0 Å². The lowest BCUT2D eigenvalue weighted by Gasteiger charge is -2.07. The molecule has 0 unspecified atom stereocenters. The number of carbonyl (C=O) groups is 3. The molecule has 0 aliphatic rings. The van der Waals surface area contributed by atoms with Crippen LogP contribution in [0.25, 0.3) is 0 Å². The van der Waals surface area contributed by atoms with Crippen LogP contribution in [0.2, 0.25) is 0 Å². The van der Waals surface area contributed by atoms with Crippen molar-refractivity contribution in [2.45, 2.75) is 19.3 Å². The second-order valence-corrected chi connectivity index (χ2v) is 4.46. The van der Waals surface area contributed by atoms with Gasteiger partial charge >= 0.3 is 0 Å². The fourth-order valence-electron chi connectivity index (χ4n) is 1.43. The van der Waals surface area contributed by atoms with Crippen molar-refractivity contribution >= 4 is 18.5 Å². The van der Waals surface area contributed by atoms with Crippen molar-refractivity contribution in [2.24, 2.45) is 0 Å². The lowest BCUT2D eigenvalue weighted by molar-refractivity contribution is -0.122. The topological polar surface area (TPSA) is 100 Å². The molecule has 8 nitrogen and oxygen atoms in total. The van der Waals surface area contributed by atoms with E-state index in [1.165, 1.54) is 0 Å². The number of rotatable bonds is 18. The average Bonchev–Trinajstić information content (AvgIpc) is 2.56. The minimum atomic E-state index is -0.149. The molecule has 0 aliphatic carbocycles. The Labute approximate surface area is 136 Å². The van der Waals surface area contributed by atoms with Crippen LogP contribution < -0.4 is 5.32 Å². The minimum absolute atomic E-state index is 0.149. The molecule has 1 N–H and O–H groups in total. The first-order valence-electron chi connectivity index (χ1n) is 7.76. The highest BCUT2D eigenvalue weighted by Gasteiger charge is 1.99. The molecule has 0 fully saturated rings. The third kappa shape index (κ3) is 18.6. The fourth-order valence-corrected chi connectivity index (χ4v) is 1.43. The van der Waals surface area contributed by atoms with E-state index in [4.69, 9.17) is 18.9 Å². The van der Waals surface area contributed by atoms with Gasteiger partial charge in [0.25, 0.3) is 0 Å². The fraction of sp³-hybridized carbons (Fsp3) is 0.800. The summed E-state index contributed by atoms with van der Waals surface area (Å²) in [7, 11) is 0. The molecule has 1 amide bonds. The maximum absolute atomic E-state index is 11.1. The van der Waals surface area contributed by atoms with Gasteiger partial charge in [0, 0.05) is 25.8 Å². The molecule has 0 aromatic carbocycles. The molecule has 0 aromatic rings.